The highest BCUT2D eigenvalue weighted by Crippen LogP contribution is 2.69. The number of carbonyl (C=O) groups excluding carboxylic acids is 1. The number of aliphatic hydroxyl groups is 1. The Balaban J connectivity index is 1.40. The molecule has 0 spiro atoms. The predicted molar refractivity (Wildman–Crippen MR) is 156 cm³/mol. The Morgan fingerprint density at radius 3 is 2.22 bits per heavy atom. The molecule has 0 unspecified atom stereocenters. The first-order valence-electron chi connectivity index (χ1n) is 16.3. The lowest BCUT2D eigenvalue weighted by atomic mass is 9.41. The van der Waals surface area contributed by atoms with Gasteiger partial charge in [-0.25, -0.2) is 0 Å². The van der Waals surface area contributed by atoms with Crippen LogP contribution in [0, 0.1) is 52.3 Å². The molecule has 0 radical (unpaired) electrons. The quantitative estimate of drug-likeness (QED) is 0.155. The van der Waals surface area contributed by atoms with Crippen molar-refractivity contribution < 1.29 is 38.3 Å². The highest BCUT2D eigenvalue weighted by atomic mass is 16.7. The molecule has 41 heavy (non-hydrogen) atoms. The van der Waals surface area contributed by atoms with Crippen LogP contribution >= 0.6 is 0 Å². The van der Waals surface area contributed by atoms with Gasteiger partial charge in [-0.3, -0.25) is 4.79 Å². The third kappa shape index (κ3) is 6.99. The summed E-state index contributed by atoms with van der Waals surface area (Å²) in [7, 11) is 3.30. The fourth-order valence-electron chi connectivity index (χ4n) is 10.2. The van der Waals surface area contributed by atoms with Gasteiger partial charge < -0.3 is 33.5 Å². The number of esters is 1. The smallest absolute Gasteiger partial charge is 0.308 e. The van der Waals surface area contributed by atoms with E-state index in [-0.39, 0.29) is 41.7 Å². The molecule has 0 heterocycles. The molecular formula is C33H58O8. The van der Waals surface area contributed by atoms with Crippen LogP contribution in [0.3, 0.4) is 0 Å². The van der Waals surface area contributed by atoms with Crippen molar-refractivity contribution in [3.8, 4) is 0 Å². The van der Waals surface area contributed by atoms with Gasteiger partial charge in [-0.05, 0) is 97.2 Å². The highest BCUT2D eigenvalue weighted by molar-refractivity contribution is 5.69. The van der Waals surface area contributed by atoms with E-state index in [1.54, 1.807) is 14.2 Å². The van der Waals surface area contributed by atoms with Gasteiger partial charge in [0, 0.05) is 20.6 Å². The van der Waals surface area contributed by atoms with Crippen molar-refractivity contribution in [2.45, 2.75) is 97.7 Å². The summed E-state index contributed by atoms with van der Waals surface area (Å²) in [5.74, 6) is 2.70. The van der Waals surface area contributed by atoms with Crippen molar-refractivity contribution in [3.63, 3.8) is 0 Å². The third-order valence-corrected chi connectivity index (χ3v) is 12.2. The van der Waals surface area contributed by atoms with Crippen molar-refractivity contribution in [1.82, 2.24) is 0 Å². The van der Waals surface area contributed by atoms with E-state index in [1.807, 2.05) is 0 Å². The van der Waals surface area contributed by atoms with E-state index in [4.69, 9.17) is 28.4 Å². The molecule has 4 fully saturated rings. The number of ether oxygens (including phenoxy) is 6. The average Bonchev–Trinajstić information content (AvgIpc) is 3.31. The minimum atomic E-state index is -0.271. The van der Waals surface area contributed by atoms with Crippen LogP contribution in [0.1, 0.15) is 85.5 Å². The molecule has 8 nitrogen and oxygen atoms in total. The lowest BCUT2D eigenvalue weighted by Crippen LogP contribution is -2.62. The Hall–Kier alpha value is -0.770. The minimum Gasteiger partial charge on any atom is -0.438 e. The Morgan fingerprint density at radius 1 is 0.878 bits per heavy atom. The summed E-state index contributed by atoms with van der Waals surface area (Å²) in [6.07, 6.45) is 9.23. The second kappa shape index (κ2) is 14.8. The third-order valence-electron chi connectivity index (χ3n) is 12.2. The Bertz CT molecular complexity index is 823. The molecule has 4 rings (SSSR count). The molecule has 11 atom stereocenters. The first kappa shape index (κ1) is 33.1. The van der Waals surface area contributed by atoms with Gasteiger partial charge in [0.1, 0.15) is 6.79 Å². The molecule has 1 N–H and O–H groups in total. The summed E-state index contributed by atoms with van der Waals surface area (Å²) in [6.45, 7) is 11.8. The Kier molecular flexibility index (Phi) is 12.0. The van der Waals surface area contributed by atoms with Gasteiger partial charge in [0.05, 0.1) is 38.6 Å². The molecule has 0 aliphatic heterocycles. The zero-order valence-corrected chi connectivity index (χ0v) is 26.6. The molecule has 4 aliphatic carbocycles. The lowest BCUT2D eigenvalue weighted by molar-refractivity contribution is -0.213. The fraction of sp³-hybridized carbons (Fsp3) is 0.970. The standard InChI is InChI=1S/C33H58O8/c1-7-24-28-19-23(40-20-38-16-14-36-5)10-12-33(28,4)27-11-13-32(3)25(8-9-26(32)30(27)31(24)35)22(2)18-29(34)41-21-39-17-15-37-6/h22-28,30-31,35H,7-21H2,1-6H3/t22-,23-,24-,25-,26+,27+,28+,30+,31-,32-,33-/m1/s1. The molecular weight excluding hydrogens is 524 g/mol. The van der Waals surface area contributed by atoms with E-state index in [1.165, 1.54) is 12.8 Å². The second-order valence-electron chi connectivity index (χ2n) is 14.0. The maximum Gasteiger partial charge on any atom is 0.308 e. The van der Waals surface area contributed by atoms with Crippen LogP contribution in [-0.4, -0.2) is 77.5 Å². The van der Waals surface area contributed by atoms with E-state index in [2.05, 4.69) is 27.7 Å². The second-order valence-corrected chi connectivity index (χ2v) is 14.0. The SMILES string of the molecule is CC[C@H]1[C@@H](O)[C@@H]2[C@H](CC[C@]3(C)[C@@H]([C@H](C)CC(=O)OCOCCOC)CC[C@@H]23)[C@@]2(C)CC[C@@H](OCOCCOC)C[C@@H]12. The highest BCUT2D eigenvalue weighted by Gasteiger charge is 2.65. The number of hydrogen-bond acceptors (Lipinski definition) is 8. The van der Waals surface area contributed by atoms with Crippen LogP contribution in [0.2, 0.25) is 0 Å². The van der Waals surface area contributed by atoms with E-state index >= 15 is 0 Å². The zero-order valence-electron chi connectivity index (χ0n) is 26.6. The molecule has 4 saturated carbocycles. The number of aliphatic hydroxyl groups excluding tert-OH is 1. The number of methoxy groups -OCH3 is 2. The van der Waals surface area contributed by atoms with Crippen molar-refractivity contribution in [1.29, 1.82) is 0 Å². The monoisotopic (exact) mass is 582 g/mol. The van der Waals surface area contributed by atoms with Crippen LogP contribution in [0.15, 0.2) is 0 Å². The van der Waals surface area contributed by atoms with Gasteiger partial charge in [0.2, 0.25) is 0 Å². The van der Waals surface area contributed by atoms with Crippen molar-refractivity contribution in [2.75, 3.05) is 54.2 Å². The van der Waals surface area contributed by atoms with Gasteiger partial charge in [-0.2, -0.15) is 0 Å². The minimum absolute atomic E-state index is 0.0136. The van der Waals surface area contributed by atoms with Crippen molar-refractivity contribution >= 4 is 5.97 Å². The van der Waals surface area contributed by atoms with Crippen molar-refractivity contribution in [3.05, 3.63) is 0 Å². The molecule has 8 heteroatoms. The maximum atomic E-state index is 12.6. The van der Waals surface area contributed by atoms with Crippen LogP contribution in [0.25, 0.3) is 0 Å². The normalized spacial score (nSPS) is 40.9. The number of carbonyl (C=O) groups is 1. The summed E-state index contributed by atoms with van der Waals surface area (Å²) in [6, 6.07) is 0. The van der Waals surface area contributed by atoms with Gasteiger partial charge >= 0.3 is 5.97 Å². The largest absolute Gasteiger partial charge is 0.438 e. The fourth-order valence-corrected chi connectivity index (χ4v) is 10.2. The van der Waals surface area contributed by atoms with Gasteiger partial charge in [0.25, 0.3) is 0 Å². The number of hydrogen-bond donors (Lipinski definition) is 1. The maximum absolute atomic E-state index is 12.6. The molecule has 238 valence electrons. The molecule has 4 aliphatic rings. The van der Waals surface area contributed by atoms with Crippen LogP contribution in [0.4, 0.5) is 0 Å². The topological polar surface area (TPSA) is 92.7 Å². The van der Waals surface area contributed by atoms with E-state index in [0.717, 1.165) is 38.5 Å². The predicted octanol–water partition coefficient (Wildman–Crippen LogP) is 5.45. The summed E-state index contributed by atoms with van der Waals surface area (Å²) < 4.78 is 32.5. The molecule has 0 aromatic heterocycles. The summed E-state index contributed by atoms with van der Waals surface area (Å²) in [5.41, 5.74) is 0.386. The average molecular weight is 583 g/mol. The van der Waals surface area contributed by atoms with Crippen LogP contribution < -0.4 is 0 Å². The van der Waals surface area contributed by atoms with Crippen LogP contribution in [-0.2, 0) is 33.2 Å². The summed E-state index contributed by atoms with van der Waals surface area (Å²) in [4.78, 5) is 12.6. The van der Waals surface area contributed by atoms with E-state index in [9.17, 15) is 9.90 Å². The molecule has 0 amide bonds. The van der Waals surface area contributed by atoms with Gasteiger partial charge in [-0.1, -0.05) is 34.1 Å². The number of rotatable bonds is 15. The van der Waals surface area contributed by atoms with Crippen molar-refractivity contribution in [2.24, 2.45) is 52.3 Å². The van der Waals surface area contributed by atoms with Gasteiger partial charge in [0.15, 0.2) is 6.79 Å². The van der Waals surface area contributed by atoms with E-state index in [0.29, 0.717) is 75.1 Å². The number of fused-ring (bicyclic) bond motifs is 5. The molecule has 0 saturated heterocycles. The Labute approximate surface area is 248 Å². The molecule has 0 bridgehead atoms. The first-order valence-corrected chi connectivity index (χ1v) is 16.3. The Morgan fingerprint density at radius 2 is 1.54 bits per heavy atom. The molecule has 0 aromatic carbocycles. The zero-order chi connectivity index (χ0) is 29.6. The first-order chi connectivity index (χ1) is 19.7. The molecule has 0 aromatic rings. The summed E-state index contributed by atoms with van der Waals surface area (Å²) >= 11 is 0. The van der Waals surface area contributed by atoms with E-state index < -0.39 is 0 Å². The van der Waals surface area contributed by atoms with Crippen LogP contribution in [0.5, 0.6) is 0 Å². The lowest BCUT2D eigenvalue weighted by Gasteiger charge is -2.65. The summed E-state index contributed by atoms with van der Waals surface area (Å²) in [5, 5.41) is 12.1. The van der Waals surface area contributed by atoms with Gasteiger partial charge in [-0.15, -0.1) is 0 Å².